The second-order valence-electron chi connectivity index (χ2n) is 7.19. The summed E-state index contributed by atoms with van der Waals surface area (Å²) < 4.78 is 9.09. The molecule has 4 rings (SSSR count). The number of benzene rings is 2. The van der Waals surface area contributed by atoms with Crippen LogP contribution in [0, 0.1) is 0 Å². The van der Waals surface area contributed by atoms with Crippen molar-refractivity contribution in [1.82, 2.24) is 19.5 Å². The first-order valence-electron chi connectivity index (χ1n) is 10.4. The van der Waals surface area contributed by atoms with Crippen LogP contribution < -0.4 is 10.1 Å². The number of hydrogen-bond acceptors (Lipinski definition) is 5. The maximum atomic E-state index is 12.5. The van der Waals surface area contributed by atoms with Crippen LogP contribution in [-0.4, -0.2) is 38.3 Å². The van der Waals surface area contributed by atoms with E-state index < -0.39 is 0 Å². The van der Waals surface area contributed by atoms with E-state index in [-0.39, 0.29) is 11.7 Å². The van der Waals surface area contributed by atoms with Gasteiger partial charge in [0.25, 0.3) is 0 Å². The van der Waals surface area contributed by atoms with Gasteiger partial charge in [0, 0.05) is 24.5 Å². The lowest BCUT2D eigenvalue weighted by Crippen LogP contribution is -2.16. The highest BCUT2D eigenvalue weighted by atomic mass is 32.2. The summed E-state index contributed by atoms with van der Waals surface area (Å²) in [4.78, 5) is 12.5. The predicted octanol–water partition coefficient (Wildman–Crippen LogP) is 4.28. The number of aromatic nitrogens is 4. The van der Waals surface area contributed by atoms with Gasteiger partial charge in [0.05, 0.1) is 12.9 Å². The summed E-state index contributed by atoms with van der Waals surface area (Å²) in [6, 6.07) is 19.7. The van der Waals surface area contributed by atoms with Gasteiger partial charge in [-0.2, -0.15) is 0 Å². The second-order valence-corrected chi connectivity index (χ2v) is 8.13. The van der Waals surface area contributed by atoms with Crippen LogP contribution in [0.4, 0.5) is 5.69 Å². The molecule has 0 spiro atoms. The average Bonchev–Trinajstić information content (AvgIpc) is 3.48. The zero-order valence-corrected chi connectivity index (χ0v) is 18.9. The third-order valence-electron chi connectivity index (χ3n) is 4.97. The van der Waals surface area contributed by atoms with Crippen molar-refractivity contribution in [2.45, 2.75) is 24.9 Å². The maximum Gasteiger partial charge on any atom is 0.234 e. The van der Waals surface area contributed by atoms with E-state index in [1.54, 1.807) is 7.11 Å². The number of aryl methyl sites for hydroxylation is 1. The zero-order valence-electron chi connectivity index (χ0n) is 18.1. The Hall–Kier alpha value is -3.52. The number of carbonyl (C=O) groups excluding carboxylic acids is 1. The number of ether oxygens (including phenoxy) is 1. The Bertz CT molecular complexity index is 1170. The molecule has 1 amide bonds. The minimum absolute atomic E-state index is 0.0815. The molecule has 0 aliphatic rings. The first-order chi connectivity index (χ1) is 15.7. The first-order valence-corrected chi connectivity index (χ1v) is 11.4. The Morgan fingerprint density at radius 2 is 1.81 bits per heavy atom. The fraction of sp³-hybridized carbons (Fsp3) is 0.208. The smallest absolute Gasteiger partial charge is 0.234 e. The number of carbonyl (C=O) groups is 1. The van der Waals surface area contributed by atoms with Gasteiger partial charge >= 0.3 is 0 Å². The fourth-order valence-corrected chi connectivity index (χ4v) is 4.06. The molecule has 4 aromatic rings. The molecule has 0 unspecified atom stereocenters. The third kappa shape index (κ3) is 5.20. The number of thioether (sulfide) groups is 1. The van der Waals surface area contributed by atoms with Gasteiger partial charge in [-0.3, -0.25) is 9.47 Å². The van der Waals surface area contributed by atoms with E-state index in [1.807, 2.05) is 82.4 Å². The Morgan fingerprint density at radius 3 is 2.53 bits per heavy atom. The highest BCUT2D eigenvalue weighted by Gasteiger charge is 2.16. The Kier molecular flexibility index (Phi) is 6.91. The van der Waals surface area contributed by atoms with E-state index in [2.05, 4.69) is 22.4 Å². The summed E-state index contributed by atoms with van der Waals surface area (Å²) in [5.41, 5.74) is 3.09. The maximum absolute atomic E-state index is 12.5. The molecule has 0 saturated heterocycles. The van der Waals surface area contributed by atoms with Crippen LogP contribution in [0.1, 0.15) is 23.9 Å². The summed E-state index contributed by atoms with van der Waals surface area (Å²) in [6.07, 6.45) is 5.39. The molecule has 0 aliphatic carbocycles. The lowest BCUT2D eigenvalue weighted by atomic mass is 10.1. The monoisotopic (exact) mass is 447 g/mol. The van der Waals surface area contributed by atoms with Gasteiger partial charge < -0.3 is 10.1 Å². The van der Waals surface area contributed by atoms with Crippen LogP contribution in [0.15, 0.2) is 78.2 Å². The molecule has 0 fully saturated rings. The van der Waals surface area contributed by atoms with Crippen molar-refractivity contribution in [3.8, 4) is 5.75 Å². The van der Waals surface area contributed by atoms with Crippen LogP contribution in [-0.2, 0) is 17.6 Å². The minimum Gasteiger partial charge on any atom is -0.497 e. The average molecular weight is 448 g/mol. The lowest BCUT2D eigenvalue weighted by Gasteiger charge is -2.12. The molecule has 2 aromatic heterocycles. The molecule has 2 heterocycles. The van der Waals surface area contributed by atoms with Crippen molar-refractivity contribution in [2.24, 2.45) is 0 Å². The number of amides is 1. The second kappa shape index (κ2) is 10.2. The summed E-state index contributed by atoms with van der Waals surface area (Å²) >= 11 is 1.36. The molecule has 32 heavy (non-hydrogen) atoms. The fourth-order valence-electron chi connectivity index (χ4n) is 3.31. The van der Waals surface area contributed by atoms with Gasteiger partial charge in [-0.05, 0) is 53.9 Å². The van der Waals surface area contributed by atoms with Crippen molar-refractivity contribution < 1.29 is 9.53 Å². The summed E-state index contributed by atoms with van der Waals surface area (Å²) in [5, 5.41) is 12.4. The van der Waals surface area contributed by atoms with E-state index in [1.165, 1.54) is 17.3 Å². The predicted molar refractivity (Wildman–Crippen MR) is 126 cm³/mol. The van der Waals surface area contributed by atoms with Gasteiger partial charge in [-0.25, -0.2) is 4.68 Å². The number of hydrogen-bond donors (Lipinski definition) is 1. The Morgan fingerprint density at radius 1 is 1.03 bits per heavy atom. The quantitative estimate of drug-likeness (QED) is 0.388. The molecular formula is C24H25N5O2S. The lowest BCUT2D eigenvalue weighted by molar-refractivity contribution is -0.113. The van der Waals surface area contributed by atoms with E-state index in [0.29, 0.717) is 11.6 Å². The molecule has 0 saturated carbocycles. The van der Waals surface area contributed by atoms with Crippen molar-refractivity contribution in [3.63, 3.8) is 0 Å². The highest BCUT2D eigenvalue weighted by molar-refractivity contribution is 7.99. The number of anilines is 1. The van der Waals surface area contributed by atoms with E-state index >= 15 is 0 Å². The Labute approximate surface area is 191 Å². The standard InChI is InChI=1S/C24H25N5O2S/c1-3-18-7-6-8-20(15-18)25-23(30)17-32-24-27-26-22(29(24)28-13-4-5-14-28)16-19-9-11-21(31-2)12-10-19/h4-15H,3,16-17H2,1-2H3,(H,25,30). The topological polar surface area (TPSA) is 74.0 Å². The molecule has 7 nitrogen and oxygen atoms in total. The molecule has 8 heteroatoms. The van der Waals surface area contributed by atoms with Crippen LogP contribution in [0.5, 0.6) is 5.75 Å². The van der Waals surface area contributed by atoms with Crippen LogP contribution >= 0.6 is 11.8 Å². The first kappa shape index (κ1) is 21.7. The molecule has 2 aromatic carbocycles. The van der Waals surface area contributed by atoms with Gasteiger partial charge in [-0.1, -0.05) is 43.0 Å². The van der Waals surface area contributed by atoms with E-state index in [9.17, 15) is 4.79 Å². The molecule has 0 bridgehead atoms. The number of methoxy groups -OCH3 is 1. The van der Waals surface area contributed by atoms with Crippen molar-refractivity contribution in [2.75, 3.05) is 18.2 Å². The molecule has 164 valence electrons. The summed E-state index contributed by atoms with van der Waals surface area (Å²) in [7, 11) is 1.65. The van der Waals surface area contributed by atoms with Crippen molar-refractivity contribution >= 4 is 23.4 Å². The SMILES string of the molecule is CCc1cccc(NC(=O)CSc2nnc(Cc3ccc(OC)cc3)n2-n2cccc2)c1. The molecule has 0 radical (unpaired) electrons. The summed E-state index contributed by atoms with van der Waals surface area (Å²) in [6.45, 7) is 2.09. The summed E-state index contributed by atoms with van der Waals surface area (Å²) in [5.74, 6) is 1.75. The zero-order chi connectivity index (χ0) is 22.3. The van der Waals surface area contributed by atoms with Crippen LogP contribution in [0.25, 0.3) is 0 Å². The minimum atomic E-state index is -0.0815. The van der Waals surface area contributed by atoms with Gasteiger partial charge in [0.1, 0.15) is 5.75 Å². The van der Waals surface area contributed by atoms with Crippen LogP contribution in [0.3, 0.4) is 0 Å². The highest BCUT2D eigenvalue weighted by Crippen LogP contribution is 2.21. The molecular weight excluding hydrogens is 422 g/mol. The van der Waals surface area contributed by atoms with E-state index in [4.69, 9.17) is 4.74 Å². The number of rotatable bonds is 9. The Balaban J connectivity index is 1.49. The number of nitrogens with one attached hydrogen (secondary N) is 1. The molecule has 0 atom stereocenters. The van der Waals surface area contributed by atoms with Crippen molar-refractivity contribution in [1.29, 1.82) is 0 Å². The number of nitrogens with zero attached hydrogens (tertiary/aromatic N) is 4. The molecule has 0 aliphatic heterocycles. The third-order valence-corrected chi connectivity index (χ3v) is 5.89. The van der Waals surface area contributed by atoms with Gasteiger partial charge in [-0.15, -0.1) is 10.2 Å². The van der Waals surface area contributed by atoms with Gasteiger partial charge in [0.15, 0.2) is 5.82 Å². The largest absolute Gasteiger partial charge is 0.497 e. The van der Waals surface area contributed by atoms with E-state index in [0.717, 1.165) is 29.2 Å². The normalized spacial score (nSPS) is 10.8. The van der Waals surface area contributed by atoms with Crippen molar-refractivity contribution in [3.05, 3.63) is 90.0 Å². The molecule has 1 N–H and O–H groups in total. The van der Waals surface area contributed by atoms with Gasteiger partial charge in [0.2, 0.25) is 11.1 Å². The van der Waals surface area contributed by atoms with Crippen LogP contribution in [0.2, 0.25) is 0 Å².